The van der Waals surface area contributed by atoms with Gasteiger partial charge in [0.1, 0.15) is 5.82 Å². The van der Waals surface area contributed by atoms with Crippen molar-refractivity contribution in [2.24, 2.45) is 0 Å². The molecule has 1 atom stereocenters. The fourth-order valence-electron chi connectivity index (χ4n) is 2.97. The number of H-pyrrole nitrogens is 1. The van der Waals surface area contributed by atoms with Crippen molar-refractivity contribution in [3.05, 3.63) is 41.8 Å². The maximum absolute atomic E-state index is 13.1. The van der Waals surface area contributed by atoms with Crippen LogP contribution in [0.1, 0.15) is 12.0 Å². The highest BCUT2D eigenvalue weighted by atomic mass is 19.1. The Labute approximate surface area is 144 Å². The fraction of sp³-hybridized carbons (Fsp3) is 0.353. The van der Waals surface area contributed by atoms with Gasteiger partial charge in [-0.05, 0) is 24.3 Å². The molecule has 0 aliphatic carbocycles. The molecule has 1 aliphatic heterocycles. The maximum atomic E-state index is 13.1. The summed E-state index contributed by atoms with van der Waals surface area (Å²) < 4.78 is 13.1. The summed E-state index contributed by atoms with van der Waals surface area (Å²) in [5.74, 6) is -0.636. The standard InChI is InChI=1S/C17H20FN5O2/c1-19-15(24)8-14-17(25)20-6-7-23(14)10-12-9-21-22-16(12)11-2-4-13(18)5-3-11/h2-5,9,14H,6-8,10H2,1H3,(H,19,24)(H,20,25)(H,21,22). The number of aromatic nitrogens is 2. The lowest BCUT2D eigenvalue weighted by molar-refractivity contribution is -0.134. The highest BCUT2D eigenvalue weighted by Crippen LogP contribution is 2.24. The average molecular weight is 345 g/mol. The first-order valence-electron chi connectivity index (χ1n) is 8.09. The van der Waals surface area contributed by atoms with Gasteiger partial charge >= 0.3 is 0 Å². The third kappa shape index (κ3) is 3.85. The van der Waals surface area contributed by atoms with Gasteiger partial charge in [0, 0.05) is 37.8 Å². The van der Waals surface area contributed by atoms with Crippen LogP contribution in [0.2, 0.25) is 0 Å². The van der Waals surface area contributed by atoms with Gasteiger partial charge in [-0.2, -0.15) is 5.10 Å². The summed E-state index contributed by atoms with van der Waals surface area (Å²) in [4.78, 5) is 25.9. The van der Waals surface area contributed by atoms with Gasteiger partial charge in [0.25, 0.3) is 0 Å². The lowest BCUT2D eigenvalue weighted by Gasteiger charge is -2.34. The van der Waals surface area contributed by atoms with Crippen molar-refractivity contribution in [1.82, 2.24) is 25.7 Å². The van der Waals surface area contributed by atoms with Gasteiger partial charge in [-0.1, -0.05) is 0 Å². The number of halogens is 1. The van der Waals surface area contributed by atoms with E-state index < -0.39 is 6.04 Å². The summed E-state index contributed by atoms with van der Waals surface area (Å²) in [5.41, 5.74) is 2.49. The molecule has 0 bridgehead atoms. The van der Waals surface area contributed by atoms with Crippen LogP contribution in [0.15, 0.2) is 30.5 Å². The van der Waals surface area contributed by atoms with E-state index in [4.69, 9.17) is 0 Å². The Balaban J connectivity index is 1.81. The third-order valence-electron chi connectivity index (χ3n) is 4.32. The SMILES string of the molecule is CNC(=O)CC1C(=O)NCCN1Cc1cn[nH]c1-c1ccc(F)cc1. The van der Waals surface area contributed by atoms with E-state index in [9.17, 15) is 14.0 Å². The lowest BCUT2D eigenvalue weighted by Crippen LogP contribution is -2.56. The molecule has 3 N–H and O–H groups in total. The van der Waals surface area contributed by atoms with Crippen LogP contribution in [-0.4, -0.2) is 53.1 Å². The molecule has 1 saturated heterocycles. The molecule has 7 nitrogen and oxygen atoms in total. The second kappa shape index (κ2) is 7.43. The normalized spacial score (nSPS) is 18.0. The van der Waals surface area contributed by atoms with E-state index in [1.165, 1.54) is 12.1 Å². The van der Waals surface area contributed by atoms with Gasteiger partial charge in [0.2, 0.25) is 11.8 Å². The summed E-state index contributed by atoms with van der Waals surface area (Å²) in [6.07, 6.45) is 1.80. The van der Waals surface area contributed by atoms with Crippen molar-refractivity contribution in [3.63, 3.8) is 0 Å². The highest BCUT2D eigenvalue weighted by Gasteiger charge is 2.32. The van der Waals surface area contributed by atoms with Gasteiger partial charge < -0.3 is 10.6 Å². The molecule has 0 saturated carbocycles. The van der Waals surface area contributed by atoms with Crippen LogP contribution in [0, 0.1) is 5.82 Å². The van der Waals surface area contributed by atoms with Crippen molar-refractivity contribution in [2.45, 2.75) is 19.0 Å². The molecule has 1 aliphatic rings. The molecule has 8 heteroatoms. The zero-order valence-electron chi connectivity index (χ0n) is 13.9. The number of rotatable bonds is 5. The van der Waals surface area contributed by atoms with E-state index in [0.717, 1.165) is 16.8 Å². The number of aromatic amines is 1. The van der Waals surface area contributed by atoms with Crippen molar-refractivity contribution >= 4 is 11.8 Å². The van der Waals surface area contributed by atoms with Crippen LogP contribution in [-0.2, 0) is 16.1 Å². The summed E-state index contributed by atoms with van der Waals surface area (Å²) in [7, 11) is 1.55. The first kappa shape index (κ1) is 17.1. The minimum absolute atomic E-state index is 0.103. The van der Waals surface area contributed by atoms with Crippen molar-refractivity contribution in [1.29, 1.82) is 0 Å². The largest absolute Gasteiger partial charge is 0.359 e. The number of carbonyl (C=O) groups excluding carboxylic acids is 2. The third-order valence-corrected chi connectivity index (χ3v) is 4.32. The van der Waals surface area contributed by atoms with E-state index in [1.807, 2.05) is 4.90 Å². The Bertz CT molecular complexity index is 759. The van der Waals surface area contributed by atoms with Gasteiger partial charge in [-0.3, -0.25) is 19.6 Å². The van der Waals surface area contributed by atoms with Crippen molar-refractivity contribution in [3.8, 4) is 11.3 Å². The van der Waals surface area contributed by atoms with Crippen LogP contribution in [0.4, 0.5) is 4.39 Å². The van der Waals surface area contributed by atoms with E-state index in [0.29, 0.717) is 19.6 Å². The van der Waals surface area contributed by atoms with Crippen LogP contribution >= 0.6 is 0 Å². The molecule has 1 unspecified atom stereocenters. The molecule has 3 rings (SSSR count). The van der Waals surface area contributed by atoms with E-state index in [-0.39, 0.29) is 24.1 Å². The minimum Gasteiger partial charge on any atom is -0.359 e. The Kier molecular flexibility index (Phi) is 5.08. The topological polar surface area (TPSA) is 90.1 Å². The van der Waals surface area contributed by atoms with Gasteiger partial charge in [-0.25, -0.2) is 4.39 Å². The molecule has 0 spiro atoms. The number of nitrogens with zero attached hydrogens (tertiary/aromatic N) is 2. The molecule has 1 aromatic carbocycles. The number of carbonyl (C=O) groups is 2. The number of nitrogens with one attached hydrogen (secondary N) is 3. The molecule has 1 fully saturated rings. The molecule has 1 aromatic heterocycles. The average Bonchev–Trinajstić information content (AvgIpc) is 3.06. The summed E-state index contributed by atoms with van der Waals surface area (Å²) in [6.45, 7) is 1.65. The lowest BCUT2D eigenvalue weighted by atomic mass is 10.0. The Morgan fingerprint density at radius 1 is 1.40 bits per heavy atom. The summed E-state index contributed by atoms with van der Waals surface area (Å²) >= 11 is 0. The Hall–Kier alpha value is -2.74. The van der Waals surface area contributed by atoms with Crippen LogP contribution in [0.3, 0.4) is 0 Å². The predicted molar refractivity (Wildman–Crippen MR) is 89.9 cm³/mol. The second-order valence-corrected chi connectivity index (χ2v) is 5.93. The van der Waals surface area contributed by atoms with E-state index in [2.05, 4.69) is 20.8 Å². The van der Waals surface area contributed by atoms with Gasteiger partial charge in [0.15, 0.2) is 0 Å². The van der Waals surface area contributed by atoms with E-state index in [1.54, 1.807) is 25.4 Å². The van der Waals surface area contributed by atoms with Crippen molar-refractivity contribution in [2.75, 3.05) is 20.1 Å². The summed E-state index contributed by atoms with van der Waals surface area (Å²) in [5, 5.41) is 12.4. The van der Waals surface area contributed by atoms with E-state index >= 15 is 0 Å². The van der Waals surface area contributed by atoms with Crippen LogP contribution in [0.25, 0.3) is 11.3 Å². The zero-order chi connectivity index (χ0) is 17.8. The molecule has 132 valence electrons. The predicted octanol–water partition coefficient (Wildman–Crippen LogP) is 0.652. The molecule has 0 radical (unpaired) electrons. The summed E-state index contributed by atoms with van der Waals surface area (Å²) in [6, 6.07) is 5.62. The number of benzene rings is 1. The monoisotopic (exact) mass is 345 g/mol. The molecule has 2 heterocycles. The molecule has 25 heavy (non-hydrogen) atoms. The molecule has 2 amide bonds. The quantitative estimate of drug-likeness (QED) is 0.742. The fourth-order valence-corrected chi connectivity index (χ4v) is 2.97. The number of piperazine rings is 1. The Morgan fingerprint density at radius 3 is 2.88 bits per heavy atom. The molecular weight excluding hydrogens is 325 g/mol. The first-order valence-corrected chi connectivity index (χ1v) is 8.09. The number of hydrogen-bond donors (Lipinski definition) is 3. The number of hydrogen-bond acceptors (Lipinski definition) is 4. The zero-order valence-corrected chi connectivity index (χ0v) is 13.9. The second-order valence-electron chi connectivity index (χ2n) is 5.93. The van der Waals surface area contributed by atoms with Gasteiger partial charge in [0.05, 0.1) is 24.4 Å². The van der Waals surface area contributed by atoms with Crippen molar-refractivity contribution < 1.29 is 14.0 Å². The van der Waals surface area contributed by atoms with Gasteiger partial charge in [-0.15, -0.1) is 0 Å². The molecular formula is C17H20FN5O2. The minimum atomic E-state index is -0.523. The van der Waals surface area contributed by atoms with Crippen LogP contribution < -0.4 is 10.6 Å². The maximum Gasteiger partial charge on any atom is 0.237 e. The smallest absolute Gasteiger partial charge is 0.237 e. The highest BCUT2D eigenvalue weighted by molar-refractivity contribution is 5.88. The Morgan fingerprint density at radius 2 is 2.16 bits per heavy atom. The number of amides is 2. The first-order chi connectivity index (χ1) is 12.1. The van der Waals surface area contributed by atoms with Crippen LogP contribution in [0.5, 0.6) is 0 Å². The molecule has 2 aromatic rings.